The predicted octanol–water partition coefficient (Wildman–Crippen LogP) is 3.47. The van der Waals surface area contributed by atoms with E-state index in [0.717, 1.165) is 0 Å². The fourth-order valence-electron chi connectivity index (χ4n) is 4.06. The molecule has 0 unspecified atom stereocenters. The minimum atomic E-state index is -2.06. The van der Waals surface area contributed by atoms with E-state index >= 15 is 0 Å². The highest BCUT2D eigenvalue weighted by molar-refractivity contribution is 7.14. The highest BCUT2D eigenvalue weighted by Gasteiger charge is 2.53. The molecule has 1 aliphatic heterocycles. The van der Waals surface area contributed by atoms with Gasteiger partial charge in [-0.05, 0) is 65.3 Å². The lowest BCUT2D eigenvalue weighted by molar-refractivity contribution is -0.774. The minimum Gasteiger partial charge on any atom is -0.842 e. The van der Waals surface area contributed by atoms with Gasteiger partial charge in [0.05, 0.1) is 18.1 Å². The van der Waals surface area contributed by atoms with Gasteiger partial charge in [-0.25, -0.2) is 9.36 Å². The molecule has 3 rings (SSSR count). The molecule has 0 N–H and O–H groups in total. The first-order valence-electron chi connectivity index (χ1n) is 11.9. The van der Waals surface area contributed by atoms with Crippen LogP contribution in [0.25, 0.3) is 4.96 Å². The Bertz CT molecular complexity index is 1070. The molecule has 1 aliphatic rings. The van der Waals surface area contributed by atoms with E-state index in [1.54, 1.807) is 15.2 Å². The number of thiazole rings is 1. The number of nitrogens with zero attached hydrogens (tertiary/aromatic N) is 2. The Labute approximate surface area is 209 Å². The van der Waals surface area contributed by atoms with Crippen molar-refractivity contribution < 1.29 is 27.7 Å². The monoisotopic (exact) mass is 544 g/mol. The van der Waals surface area contributed by atoms with Crippen LogP contribution in [0.2, 0.25) is 58.9 Å². The van der Waals surface area contributed by atoms with Crippen molar-refractivity contribution in [2.24, 2.45) is 0 Å². The molecule has 1 saturated heterocycles. The highest BCUT2D eigenvalue weighted by atomic mass is 32.1. The molecule has 0 aromatic carbocycles. The Morgan fingerprint density at radius 3 is 2.15 bits per heavy atom. The van der Waals surface area contributed by atoms with E-state index in [-0.39, 0.29) is 29.2 Å². The summed E-state index contributed by atoms with van der Waals surface area (Å²) in [5.74, 6) is -0.317. The number of hydrogen-bond donors (Lipinski definition) is 0. The van der Waals surface area contributed by atoms with E-state index in [9.17, 15) is 9.90 Å². The first kappa shape index (κ1) is 27.7. The first-order chi connectivity index (χ1) is 15.5. The molecule has 192 valence electrons. The van der Waals surface area contributed by atoms with Crippen LogP contribution in [0.1, 0.15) is 18.7 Å². The van der Waals surface area contributed by atoms with Crippen molar-refractivity contribution in [1.29, 1.82) is 0 Å². The molecule has 0 radical (unpaired) electrons. The highest BCUT2D eigenvalue weighted by Crippen LogP contribution is 2.36. The van der Waals surface area contributed by atoms with Crippen molar-refractivity contribution in [3.05, 3.63) is 27.5 Å². The maximum Gasteiger partial charge on any atom is 0.350 e. The Kier molecular flexibility index (Phi) is 8.06. The number of fused-ring (bicyclic) bond motifs is 1. The molecule has 0 spiro atoms. The van der Waals surface area contributed by atoms with Crippen molar-refractivity contribution in [3.8, 4) is 5.88 Å². The van der Waals surface area contributed by atoms with Crippen LogP contribution in [0.5, 0.6) is 5.88 Å². The van der Waals surface area contributed by atoms with Crippen LogP contribution >= 0.6 is 11.3 Å². The van der Waals surface area contributed by atoms with Gasteiger partial charge in [-0.3, -0.25) is 0 Å². The number of rotatable bonds is 9. The van der Waals surface area contributed by atoms with Crippen LogP contribution in [0.3, 0.4) is 0 Å². The summed E-state index contributed by atoms with van der Waals surface area (Å²) < 4.78 is 29.4. The summed E-state index contributed by atoms with van der Waals surface area (Å²) in [7, 11) is -5.88. The van der Waals surface area contributed by atoms with Gasteiger partial charge >= 0.3 is 10.5 Å². The smallest absolute Gasteiger partial charge is 0.350 e. The molecule has 0 amide bonds. The summed E-state index contributed by atoms with van der Waals surface area (Å²) in [5.41, 5.74) is -0.0232. The van der Waals surface area contributed by atoms with Gasteiger partial charge in [-0.2, -0.15) is 4.40 Å². The van der Waals surface area contributed by atoms with Crippen LogP contribution in [0.4, 0.5) is 0 Å². The van der Waals surface area contributed by atoms with Gasteiger partial charge in [0.2, 0.25) is 6.23 Å². The van der Waals surface area contributed by atoms with E-state index in [1.165, 1.54) is 11.3 Å². The molecule has 2 aromatic rings. The van der Waals surface area contributed by atoms with Crippen molar-refractivity contribution in [2.75, 3.05) is 6.61 Å². The number of aromatic nitrogens is 2. The van der Waals surface area contributed by atoms with Crippen molar-refractivity contribution in [2.45, 2.75) is 96.8 Å². The molecule has 34 heavy (non-hydrogen) atoms. The maximum atomic E-state index is 13.6. The molecule has 0 bridgehead atoms. The molecule has 4 atom stereocenters. The number of ether oxygens (including phenoxy) is 1. The third kappa shape index (κ3) is 6.27. The summed E-state index contributed by atoms with van der Waals surface area (Å²) in [5, 5.41) is 15.4. The predicted molar refractivity (Wildman–Crippen MR) is 140 cm³/mol. The Morgan fingerprint density at radius 2 is 1.62 bits per heavy atom. The Hall–Kier alpha value is -0.869. The van der Waals surface area contributed by atoms with Crippen LogP contribution in [0.15, 0.2) is 16.4 Å². The third-order valence-electron chi connectivity index (χ3n) is 5.30. The molecule has 3 heterocycles. The van der Waals surface area contributed by atoms with Crippen molar-refractivity contribution >= 4 is 41.2 Å². The van der Waals surface area contributed by atoms with E-state index < -0.39 is 37.3 Å². The average molecular weight is 545 g/mol. The van der Waals surface area contributed by atoms with E-state index in [0.29, 0.717) is 18.0 Å². The van der Waals surface area contributed by atoms with Gasteiger partial charge in [-0.1, -0.05) is 18.3 Å². The SMILES string of the molecule is CCc1c([O-])[n+]([C@@H]2O[C@H](CO[Si](C)(C)C)[C@@H](O[Si](C)(C)C)[C@H]2O[Si](C)(C)C)c2sccn2c1=O. The molecular weight excluding hydrogens is 505 g/mol. The second-order valence-electron chi connectivity index (χ2n) is 11.7. The fourth-order valence-corrected chi connectivity index (χ4v) is 7.76. The van der Waals surface area contributed by atoms with Gasteiger partial charge in [0.25, 0.3) is 0 Å². The van der Waals surface area contributed by atoms with Gasteiger partial charge in [-0.15, -0.1) is 0 Å². The largest absolute Gasteiger partial charge is 0.842 e. The zero-order chi connectivity index (χ0) is 25.6. The van der Waals surface area contributed by atoms with Gasteiger partial charge in [0.1, 0.15) is 24.5 Å². The number of hydrogen-bond acceptors (Lipinski definition) is 7. The van der Waals surface area contributed by atoms with E-state index in [1.807, 2.05) is 12.3 Å². The lowest BCUT2D eigenvalue weighted by atomic mass is 10.1. The van der Waals surface area contributed by atoms with Crippen LogP contribution in [-0.2, 0) is 24.4 Å². The quantitative estimate of drug-likeness (QED) is 0.355. The van der Waals surface area contributed by atoms with Gasteiger partial charge in [0.15, 0.2) is 25.0 Å². The lowest BCUT2D eigenvalue weighted by Gasteiger charge is -2.34. The van der Waals surface area contributed by atoms with E-state index in [4.69, 9.17) is 18.0 Å². The summed E-state index contributed by atoms with van der Waals surface area (Å²) in [6.45, 7) is 21.4. The molecule has 0 aliphatic carbocycles. The third-order valence-corrected chi connectivity index (χ3v) is 9.16. The zero-order valence-electron chi connectivity index (χ0n) is 22.1. The Balaban J connectivity index is 2.18. The fraction of sp³-hybridized carbons (Fsp3) is 0.727. The average Bonchev–Trinajstić information content (AvgIpc) is 3.25. The van der Waals surface area contributed by atoms with Gasteiger partial charge < -0.3 is 23.1 Å². The van der Waals surface area contributed by atoms with Gasteiger partial charge in [0, 0.05) is 5.38 Å². The van der Waals surface area contributed by atoms with E-state index in [2.05, 4.69) is 58.9 Å². The Morgan fingerprint density at radius 1 is 1.03 bits per heavy atom. The molecule has 2 aromatic heterocycles. The molecule has 0 saturated carbocycles. The summed E-state index contributed by atoms with van der Waals surface area (Å²) in [6, 6.07) is 0. The van der Waals surface area contributed by atoms with Crippen LogP contribution in [0, 0.1) is 0 Å². The first-order valence-corrected chi connectivity index (χ1v) is 23.0. The topological polar surface area (TPSA) is 85.3 Å². The second kappa shape index (κ2) is 9.88. The lowest BCUT2D eigenvalue weighted by Crippen LogP contribution is -2.55. The molecular formula is C22H40N2O6SSi3. The van der Waals surface area contributed by atoms with Crippen molar-refractivity contribution in [3.63, 3.8) is 0 Å². The second-order valence-corrected chi connectivity index (χ2v) is 26.1. The summed E-state index contributed by atoms with van der Waals surface area (Å²) >= 11 is 1.35. The zero-order valence-corrected chi connectivity index (χ0v) is 25.9. The van der Waals surface area contributed by atoms with Crippen LogP contribution in [-0.4, -0.2) is 54.3 Å². The standard InChI is InChI=1S/C22H40N2O6SSi3/c1-11-15-19(25)23-12-13-31-22(23)24(20(15)26)21-18(30-34(8,9)10)17(29-33(5,6)7)16(28-21)14-27-32(2,3)4/h12-13,16-18,21H,11,14H2,1-10H3/t16-,17-,18-,21-/m1/s1. The molecule has 1 fully saturated rings. The minimum absolute atomic E-state index is 0.246. The maximum absolute atomic E-state index is 13.6. The van der Waals surface area contributed by atoms with Crippen LogP contribution < -0.4 is 15.2 Å². The van der Waals surface area contributed by atoms with Crippen molar-refractivity contribution in [1.82, 2.24) is 4.40 Å². The summed E-state index contributed by atoms with van der Waals surface area (Å²) in [6.07, 6.45) is 0.106. The molecule has 12 heteroatoms. The summed E-state index contributed by atoms with van der Waals surface area (Å²) in [4.78, 5) is 13.4. The molecule has 8 nitrogen and oxygen atoms in total. The normalized spacial score (nSPS) is 24.3.